The van der Waals surface area contributed by atoms with Gasteiger partial charge in [-0.3, -0.25) is 9.69 Å². The van der Waals surface area contributed by atoms with Gasteiger partial charge in [-0.1, -0.05) is 17.7 Å². The fraction of sp³-hybridized carbons (Fsp3) is 0.429. The Morgan fingerprint density at radius 1 is 1.42 bits per heavy atom. The standard InChI is InChI=1S/C14H16ClNO3/c1-3-19-14(18)16-8-11-6-12(15)5-4-10(11)7-13(16)9(2)17/h4-6,13H,3,7-8H2,1-2H3. The molecule has 0 aliphatic carbocycles. The van der Waals surface area contributed by atoms with Crippen molar-refractivity contribution in [2.45, 2.75) is 32.9 Å². The molecule has 0 radical (unpaired) electrons. The third-order valence-electron chi connectivity index (χ3n) is 3.27. The number of carbonyl (C=O) groups is 2. The van der Waals surface area contributed by atoms with Crippen LogP contribution in [0.15, 0.2) is 18.2 Å². The Labute approximate surface area is 117 Å². The summed E-state index contributed by atoms with van der Waals surface area (Å²) in [7, 11) is 0. The molecule has 102 valence electrons. The van der Waals surface area contributed by atoms with Crippen LogP contribution in [0.5, 0.6) is 0 Å². The summed E-state index contributed by atoms with van der Waals surface area (Å²) in [6, 6.07) is 5.10. The molecule has 19 heavy (non-hydrogen) atoms. The highest BCUT2D eigenvalue weighted by Gasteiger charge is 2.33. The average molecular weight is 282 g/mol. The monoisotopic (exact) mass is 281 g/mol. The second kappa shape index (κ2) is 5.61. The number of ketones is 1. The quantitative estimate of drug-likeness (QED) is 0.837. The van der Waals surface area contributed by atoms with Gasteiger partial charge in [-0.2, -0.15) is 0 Å². The van der Waals surface area contributed by atoms with Crippen molar-refractivity contribution in [1.29, 1.82) is 0 Å². The van der Waals surface area contributed by atoms with Crippen molar-refractivity contribution in [2.75, 3.05) is 6.61 Å². The molecule has 0 bridgehead atoms. The molecule has 1 aliphatic rings. The van der Waals surface area contributed by atoms with Crippen LogP contribution in [0.25, 0.3) is 0 Å². The van der Waals surface area contributed by atoms with Crippen LogP contribution in [0.1, 0.15) is 25.0 Å². The Kier molecular flexibility index (Phi) is 4.10. The molecule has 0 N–H and O–H groups in total. The maximum absolute atomic E-state index is 11.9. The van der Waals surface area contributed by atoms with E-state index in [1.807, 2.05) is 12.1 Å². The molecular formula is C14H16ClNO3. The minimum Gasteiger partial charge on any atom is -0.450 e. The van der Waals surface area contributed by atoms with Crippen molar-refractivity contribution in [1.82, 2.24) is 4.90 Å². The van der Waals surface area contributed by atoms with Crippen molar-refractivity contribution >= 4 is 23.5 Å². The molecule has 0 fully saturated rings. The number of hydrogen-bond acceptors (Lipinski definition) is 3. The smallest absolute Gasteiger partial charge is 0.410 e. The van der Waals surface area contributed by atoms with Crippen LogP contribution in [0.3, 0.4) is 0 Å². The number of rotatable bonds is 2. The third kappa shape index (κ3) is 2.89. The highest BCUT2D eigenvalue weighted by Crippen LogP contribution is 2.27. The van der Waals surface area contributed by atoms with E-state index in [4.69, 9.17) is 16.3 Å². The molecule has 1 aliphatic heterocycles. The van der Waals surface area contributed by atoms with E-state index in [1.165, 1.54) is 11.8 Å². The number of benzene rings is 1. The predicted octanol–water partition coefficient (Wildman–Crippen LogP) is 2.81. The van der Waals surface area contributed by atoms with Crippen LogP contribution in [0, 0.1) is 0 Å². The van der Waals surface area contributed by atoms with Gasteiger partial charge in [-0.15, -0.1) is 0 Å². The van der Waals surface area contributed by atoms with Crippen molar-refractivity contribution in [2.24, 2.45) is 0 Å². The van der Waals surface area contributed by atoms with Gasteiger partial charge >= 0.3 is 6.09 Å². The molecule has 1 atom stereocenters. The van der Waals surface area contributed by atoms with Gasteiger partial charge in [0, 0.05) is 11.4 Å². The summed E-state index contributed by atoms with van der Waals surface area (Å²) in [6.07, 6.45) is 0.0639. The van der Waals surface area contributed by atoms with Crippen LogP contribution < -0.4 is 0 Å². The second-order valence-corrected chi connectivity index (χ2v) is 5.01. The number of fused-ring (bicyclic) bond motifs is 1. The van der Waals surface area contributed by atoms with Gasteiger partial charge in [0.05, 0.1) is 19.2 Å². The Morgan fingerprint density at radius 2 is 2.16 bits per heavy atom. The zero-order valence-corrected chi connectivity index (χ0v) is 11.7. The molecule has 0 spiro atoms. The molecule has 4 nitrogen and oxygen atoms in total. The van der Waals surface area contributed by atoms with Crippen LogP contribution in [-0.4, -0.2) is 29.4 Å². The second-order valence-electron chi connectivity index (χ2n) is 4.57. The maximum atomic E-state index is 11.9. The van der Waals surface area contributed by atoms with E-state index < -0.39 is 12.1 Å². The fourth-order valence-corrected chi connectivity index (χ4v) is 2.51. The molecule has 0 saturated heterocycles. The summed E-state index contributed by atoms with van der Waals surface area (Å²) in [5.41, 5.74) is 2.03. The van der Waals surface area contributed by atoms with Crippen molar-refractivity contribution < 1.29 is 14.3 Å². The Bertz CT molecular complexity index is 515. The molecule has 1 unspecified atom stereocenters. The topological polar surface area (TPSA) is 46.6 Å². The van der Waals surface area contributed by atoms with Crippen molar-refractivity contribution in [3.05, 3.63) is 34.3 Å². The normalized spacial score (nSPS) is 17.8. The number of Topliss-reactive ketones (excluding diaryl/α,β-unsaturated/α-hetero) is 1. The highest BCUT2D eigenvalue weighted by atomic mass is 35.5. The van der Waals surface area contributed by atoms with Crippen LogP contribution >= 0.6 is 11.6 Å². The molecule has 1 amide bonds. The number of nitrogens with zero attached hydrogens (tertiary/aromatic N) is 1. The van der Waals surface area contributed by atoms with E-state index in [9.17, 15) is 9.59 Å². The first-order valence-corrected chi connectivity index (χ1v) is 6.62. The Balaban J connectivity index is 2.32. The maximum Gasteiger partial charge on any atom is 0.410 e. The first-order chi connectivity index (χ1) is 9.02. The number of halogens is 1. The van der Waals surface area contributed by atoms with Gasteiger partial charge in [0.1, 0.15) is 0 Å². The predicted molar refractivity (Wildman–Crippen MR) is 72.2 cm³/mol. The minimum atomic E-state index is -0.451. The van der Waals surface area contributed by atoms with Crippen LogP contribution in [-0.2, 0) is 22.5 Å². The molecule has 1 aromatic carbocycles. The summed E-state index contributed by atoms with van der Waals surface area (Å²) in [4.78, 5) is 25.1. The number of amides is 1. The van der Waals surface area contributed by atoms with E-state index in [2.05, 4.69) is 0 Å². The van der Waals surface area contributed by atoms with E-state index in [-0.39, 0.29) is 5.78 Å². The summed E-state index contributed by atoms with van der Waals surface area (Å²) in [5.74, 6) is -0.0337. The number of hydrogen-bond donors (Lipinski definition) is 0. The molecular weight excluding hydrogens is 266 g/mol. The van der Waals surface area contributed by atoms with Gasteiger partial charge in [0.15, 0.2) is 5.78 Å². The summed E-state index contributed by atoms with van der Waals surface area (Å²) in [5, 5.41) is 0.629. The molecule has 0 saturated carbocycles. The first-order valence-electron chi connectivity index (χ1n) is 6.24. The van der Waals surface area contributed by atoms with Gasteiger partial charge in [0.25, 0.3) is 0 Å². The average Bonchev–Trinajstić information content (AvgIpc) is 2.37. The highest BCUT2D eigenvalue weighted by molar-refractivity contribution is 6.30. The summed E-state index contributed by atoms with van der Waals surface area (Å²) in [6.45, 7) is 3.90. The SMILES string of the molecule is CCOC(=O)N1Cc2cc(Cl)ccc2CC1C(C)=O. The molecule has 0 aromatic heterocycles. The Morgan fingerprint density at radius 3 is 2.79 bits per heavy atom. The molecule has 2 rings (SSSR count). The first kappa shape index (κ1) is 13.9. The van der Waals surface area contributed by atoms with E-state index >= 15 is 0 Å². The molecule has 1 heterocycles. The summed E-state index contributed by atoms with van der Waals surface area (Å²) >= 11 is 5.96. The largest absolute Gasteiger partial charge is 0.450 e. The van der Waals surface area contributed by atoms with Crippen molar-refractivity contribution in [3.8, 4) is 0 Å². The Hall–Kier alpha value is -1.55. The van der Waals surface area contributed by atoms with Gasteiger partial charge in [-0.05, 0) is 37.1 Å². The number of ether oxygens (including phenoxy) is 1. The molecule has 1 aromatic rings. The van der Waals surface area contributed by atoms with Gasteiger partial charge in [0.2, 0.25) is 0 Å². The lowest BCUT2D eigenvalue weighted by Gasteiger charge is -2.34. The minimum absolute atomic E-state index is 0.0337. The number of carbonyl (C=O) groups excluding carboxylic acids is 2. The van der Waals surface area contributed by atoms with E-state index in [0.717, 1.165) is 11.1 Å². The molecule has 5 heteroatoms. The third-order valence-corrected chi connectivity index (χ3v) is 3.51. The van der Waals surface area contributed by atoms with E-state index in [0.29, 0.717) is 24.6 Å². The van der Waals surface area contributed by atoms with Gasteiger partial charge in [-0.25, -0.2) is 4.79 Å². The van der Waals surface area contributed by atoms with Crippen molar-refractivity contribution in [3.63, 3.8) is 0 Å². The van der Waals surface area contributed by atoms with Crippen LogP contribution in [0.2, 0.25) is 5.02 Å². The lowest BCUT2D eigenvalue weighted by molar-refractivity contribution is -0.122. The fourth-order valence-electron chi connectivity index (χ4n) is 2.31. The zero-order valence-electron chi connectivity index (χ0n) is 11.0. The lowest BCUT2D eigenvalue weighted by atomic mass is 9.92. The zero-order chi connectivity index (χ0) is 14.0. The van der Waals surface area contributed by atoms with Gasteiger partial charge < -0.3 is 4.74 Å². The van der Waals surface area contributed by atoms with Crippen LogP contribution in [0.4, 0.5) is 4.79 Å². The van der Waals surface area contributed by atoms with E-state index in [1.54, 1.807) is 13.0 Å². The summed E-state index contributed by atoms with van der Waals surface area (Å²) < 4.78 is 5.01. The lowest BCUT2D eigenvalue weighted by Crippen LogP contribution is -2.48.